The highest BCUT2D eigenvalue weighted by molar-refractivity contribution is 6.32. The summed E-state index contributed by atoms with van der Waals surface area (Å²) >= 11 is 6.04. The molecule has 0 aliphatic carbocycles. The van der Waals surface area contributed by atoms with Crippen molar-refractivity contribution in [3.05, 3.63) is 17.2 Å². The third-order valence-electron chi connectivity index (χ3n) is 3.69. The third-order valence-corrected chi connectivity index (χ3v) is 3.99. The van der Waals surface area contributed by atoms with Crippen LogP contribution < -0.4 is 20.1 Å². The zero-order valence-electron chi connectivity index (χ0n) is 12.8. The monoisotopic (exact) mass is 348 g/mol. The average Bonchev–Trinajstić information content (AvgIpc) is 2.99. The van der Waals surface area contributed by atoms with E-state index in [0.717, 1.165) is 25.9 Å². The van der Waals surface area contributed by atoms with Gasteiger partial charge in [0, 0.05) is 18.6 Å². The van der Waals surface area contributed by atoms with Crippen molar-refractivity contribution in [1.29, 1.82) is 0 Å². The van der Waals surface area contributed by atoms with Crippen molar-refractivity contribution >= 4 is 35.6 Å². The predicted molar refractivity (Wildman–Crippen MR) is 90.6 cm³/mol. The van der Waals surface area contributed by atoms with E-state index in [-0.39, 0.29) is 18.3 Å². The van der Waals surface area contributed by atoms with Gasteiger partial charge in [-0.15, -0.1) is 12.4 Å². The Kier molecular flexibility index (Phi) is 7.79. The number of nitrogens with one attached hydrogen (secondary N) is 2. The molecule has 5 nitrogen and oxygen atoms in total. The van der Waals surface area contributed by atoms with Gasteiger partial charge in [0.25, 0.3) is 0 Å². The Hall–Kier alpha value is -1.17. The van der Waals surface area contributed by atoms with Crippen LogP contribution >= 0.6 is 24.0 Å². The van der Waals surface area contributed by atoms with Gasteiger partial charge in [0.2, 0.25) is 5.91 Å². The summed E-state index contributed by atoms with van der Waals surface area (Å²) in [7, 11) is 3.07. The first-order chi connectivity index (χ1) is 10.1. The first-order valence-corrected chi connectivity index (χ1v) is 7.44. The highest BCUT2D eigenvalue weighted by atomic mass is 35.5. The normalized spacial score (nSPS) is 16.8. The molecule has 0 saturated carbocycles. The van der Waals surface area contributed by atoms with Gasteiger partial charge < -0.3 is 20.1 Å². The summed E-state index contributed by atoms with van der Waals surface area (Å²) in [6, 6.07) is 3.31. The van der Waals surface area contributed by atoms with Gasteiger partial charge in [0.15, 0.2) is 0 Å². The Bertz CT molecular complexity index is 506. The Morgan fingerprint density at radius 2 is 2.09 bits per heavy atom. The summed E-state index contributed by atoms with van der Waals surface area (Å²) in [6.45, 7) is 2.06. The molecule has 1 amide bonds. The van der Waals surface area contributed by atoms with Gasteiger partial charge in [-0.25, -0.2) is 0 Å². The molecular formula is C15H22Cl2N2O3. The van der Waals surface area contributed by atoms with Crippen molar-refractivity contribution in [2.24, 2.45) is 5.92 Å². The van der Waals surface area contributed by atoms with Crippen LogP contribution in [-0.2, 0) is 4.79 Å². The van der Waals surface area contributed by atoms with Crippen molar-refractivity contribution in [3.8, 4) is 11.5 Å². The van der Waals surface area contributed by atoms with Gasteiger partial charge >= 0.3 is 0 Å². The lowest BCUT2D eigenvalue weighted by atomic mass is 10.0. The molecule has 0 bridgehead atoms. The number of carbonyl (C=O) groups excluding carboxylic acids is 1. The number of amides is 1. The van der Waals surface area contributed by atoms with Crippen LogP contribution in [-0.4, -0.2) is 33.2 Å². The highest BCUT2D eigenvalue weighted by Gasteiger charge is 2.17. The maximum absolute atomic E-state index is 12.1. The highest BCUT2D eigenvalue weighted by Crippen LogP contribution is 2.36. The number of hydrogen-bond acceptors (Lipinski definition) is 4. The first kappa shape index (κ1) is 18.9. The molecule has 0 aromatic heterocycles. The smallest absolute Gasteiger partial charge is 0.224 e. The number of rotatable bonds is 6. The molecule has 1 aliphatic heterocycles. The molecule has 1 fully saturated rings. The third kappa shape index (κ3) is 4.93. The van der Waals surface area contributed by atoms with Crippen LogP contribution in [0.5, 0.6) is 11.5 Å². The van der Waals surface area contributed by atoms with E-state index in [2.05, 4.69) is 10.6 Å². The van der Waals surface area contributed by atoms with Crippen LogP contribution in [0.25, 0.3) is 0 Å². The first-order valence-electron chi connectivity index (χ1n) is 7.06. The van der Waals surface area contributed by atoms with Crippen molar-refractivity contribution in [2.45, 2.75) is 19.3 Å². The van der Waals surface area contributed by atoms with Gasteiger partial charge in [-0.3, -0.25) is 4.79 Å². The summed E-state index contributed by atoms with van der Waals surface area (Å²) in [4.78, 5) is 12.1. The molecule has 0 spiro atoms. The molecule has 1 aromatic rings. The van der Waals surface area contributed by atoms with Crippen molar-refractivity contribution in [2.75, 3.05) is 32.6 Å². The van der Waals surface area contributed by atoms with E-state index in [0.29, 0.717) is 34.5 Å². The molecule has 22 heavy (non-hydrogen) atoms. The Morgan fingerprint density at radius 1 is 1.36 bits per heavy atom. The molecule has 1 saturated heterocycles. The molecule has 1 aliphatic rings. The SMILES string of the molecule is COc1cc(NC(=O)CCC2CCNC2)c(OC)cc1Cl.Cl. The standard InChI is InChI=1S/C15H21ClN2O3.ClH/c1-20-13-8-12(14(21-2)7-11(13)16)18-15(19)4-3-10-5-6-17-9-10;/h7-8,10,17H,3-6,9H2,1-2H3,(H,18,19);1H. The quantitative estimate of drug-likeness (QED) is 0.829. The molecule has 2 rings (SSSR count). The van der Waals surface area contributed by atoms with Crippen LogP contribution in [0, 0.1) is 5.92 Å². The summed E-state index contributed by atoms with van der Waals surface area (Å²) in [5.41, 5.74) is 0.577. The Balaban J connectivity index is 0.00000242. The number of ether oxygens (including phenoxy) is 2. The fourth-order valence-corrected chi connectivity index (χ4v) is 2.70. The zero-order valence-corrected chi connectivity index (χ0v) is 14.4. The largest absolute Gasteiger partial charge is 0.495 e. The van der Waals surface area contributed by atoms with E-state index in [1.165, 1.54) is 14.2 Å². The van der Waals surface area contributed by atoms with Crippen LogP contribution in [0.4, 0.5) is 5.69 Å². The fraction of sp³-hybridized carbons (Fsp3) is 0.533. The summed E-state index contributed by atoms with van der Waals surface area (Å²) in [5, 5.41) is 6.62. The van der Waals surface area contributed by atoms with E-state index in [1.807, 2.05) is 0 Å². The second kappa shape index (κ2) is 9.08. The second-order valence-corrected chi connectivity index (χ2v) is 5.54. The van der Waals surface area contributed by atoms with Gasteiger partial charge in [-0.05, 0) is 31.8 Å². The maximum Gasteiger partial charge on any atom is 0.224 e. The fourth-order valence-electron chi connectivity index (χ4n) is 2.47. The van der Waals surface area contributed by atoms with Crippen molar-refractivity contribution in [3.63, 3.8) is 0 Å². The Labute approximate surface area is 142 Å². The minimum absolute atomic E-state index is 0. The number of hydrogen-bond donors (Lipinski definition) is 2. The molecule has 124 valence electrons. The number of carbonyl (C=O) groups is 1. The topological polar surface area (TPSA) is 59.6 Å². The number of halogens is 2. The van der Waals surface area contributed by atoms with Gasteiger partial charge in [-0.2, -0.15) is 0 Å². The summed E-state index contributed by atoms with van der Waals surface area (Å²) in [6.07, 6.45) is 2.54. The van der Waals surface area contributed by atoms with Crippen LogP contribution in [0.15, 0.2) is 12.1 Å². The predicted octanol–water partition coefficient (Wildman–Crippen LogP) is 3.11. The maximum atomic E-state index is 12.1. The molecule has 7 heteroatoms. The lowest BCUT2D eigenvalue weighted by Gasteiger charge is -2.14. The number of benzene rings is 1. The molecule has 2 N–H and O–H groups in total. The average molecular weight is 349 g/mol. The van der Waals surface area contributed by atoms with Gasteiger partial charge in [0.05, 0.1) is 24.9 Å². The molecule has 1 heterocycles. The minimum atomic E-state index is -0.0235. The van der Waals surface area contributed by atoms with Crippen LogP contribution in [0.1, 0.15) is 19.3 Å². The molecule has 0 radical (unpaired) electrons. The molecular weight excluding hydrogens is 327 g/mol. The lowest BCUT2D eigenvalue weighted by Crippen LogP contribution is -2.15. The summed E-state index contributed by atoms with van der Waals surface area (Å²) < 4.78 is 10.4. The Morgan fingerprint density at radius 3 is 2.68 bits per heavy atom. The van der Waals surface area contributed by atoms with E-state index in [4.69, 9.17) is 21.1 Å². The van der Waals surface area contributed by atoms with E-state index in [1.54, 1.807) is 12.1 Å². The van der Waals surface area contributed by atoms with E-state index >= 15 is 0 Å². The van der Waals surface area contributed by atoms with Gasteiger partial charge in [-0.1, -0.05) is 11.6 Å². The van der Waals surface area contributed by atoms with Crippen LogP contribution in [0.3, 0.4) is 0 Å². The van der Waals surface area contributed by atoms with Crippen LogP contribution in [0.2, 0.25) is 5.02 Å². The second-order valence-electron chi connectivity index (χ2n) is 5.13. The number of anilines is 1. The zero-order chi connectivity index (χ0) is 15.2. The number of methoxy groups -OCH3 is 2. The minimum Gasteiger partial charge on any atom is -0.495 e. The van der Waals surface area contributed by atoms with E-state index in [9.17, 15) is 4.79 Å². The van der Waals surface area contributed by atoms with E-state index < -0.39 is 0 Å². The molecule has 1 atom stereocenters. The molecule has 1 aromatic carbocycles. The molecule has 1 unspecified atom stereocenters. The van der Waals surface area contributed by atoms with Crippen molar-refractivity contribution < 1.29 is 14.3 Å². The van der Waals surface area contributed by atoms with Gasteiger partial charge in [0.1, 0.15) is 11.5 Å². The van der Waals surface area contributed by atoms with Crippen molar-refractivity contribution in [1.82, 2.24) is 5.32 Å². The lowest BCUT2D eigenvalue weighted by molar-refractivity contribution is -0.116. The summed E-state index contributed by atoms with van der Waals surface area (Å²) in [5.74, 6) is 1.60.